The molecule has 0 atom stereocenters. The summed E-state index contributed by atoms with van der Waals surface area (Å²) in [4.78, 5) is 30.0. The number of benzene rings is 1. The van der Waals surface area contributed by atoms with Gasteiger partial charge in [-0.25, -0.2) is 18.4 Å². The monoisotopic (exact) mass is 558 g/mol. The number of anilines is 4. The van der Waals surface area contributed by atoms with Gasteiger partial charge in [0.05, 0.1) is 12.5 Å². The lowest BCUT2D eigenvalue weighted by molar-refractivity contribution is 0.0664. The summed E-state index contributed by atoms with van der Waals surface area (Å²) >= 11 is 6.33. The lowest BCUT2D eigenvalue weighted by atomic mass is 10.1. The first-order valence-corrected chi connectivity index (χ1v) is 14.3. The van der Waals surface area contributed by atoms with Crippen LogP contribution in [0, 0.1) is 6.92 Å². The van der Waals surface area contributed by atoms with Crippen LogP contribution in [0.2, 0.25) is 5.02 Å². The number of aromatic nitrogens is 3. The highest BCUT2D eigenvalue weighted by Gasteiger charge is 2.21. The summed E-state index contributed by atoms with van der Waals surface area (Å²) in [5.41, 5.74) is 2.93. The van der Waals surface area contributed by atoms with Crippen LogP contribution in [0.25, 0.3) is 0 Å². The number of likely N-dealkylation sites (N-methyl/N-ethyl adjacent to an activating group) is 1. The Morgan fingerprint density at radius 1 is 1.16 bits per heavy atom. The van der Waals surface area contributed by atoms with E-state index in [1.54, 1.807) is 18.2 Å². The molecule has 3 heterocycles. The van der Waals surface area contributed by atoms with Crippen molar-refractivity contribution in [3.63, 3.8) is 0 Å². The second-order valence-electron chi connectivity index (χ2n) is 9.21. The van der Waals surface area contributed by atoms with E-state index < -0.39 is 10.0 Å². The Morgan fingerprint density at radius 3 is 2.58 bits per heavy atom. The van der Waals surface area contributed by atoms with Gasteiger partial charge < -0.3 is 20.4 Å². The van der Waals surface area contributed by atoms with Crippen molar-refractivity contribution in [2.75, 3.05) is 61.5 Å². The Hall–Kier alpha value is -3.48. The molecule has 13 heteroatoms. The average molecular weight is 559 g/mol. The number of hydrogen-bond donors (Lipinski definition) is 2. The minimum absolute atomic E-state index is 0.0262. The quantitative estimate of drug-likeness (QED) is 0.429. The Bertz CT molecular complexity index is 1430. The molecule has 0 saturated carbocycles. The fourth-order valence-electron chi connectivity index (χ4n) is 3.99. The number of amides is 1. The minimum Gasteiger partial charge on any atom is -0.364 e. The Balaban J connectivity index is 1.47. The molecule has 1 saturated heterocycles. The van der Waals surface area contributed by atoms with E-state index >= 15 is 0 Å². The van der Waals surface area contributed by atoms with Crippen molar-refractivity contribution in [1.29, 1.82) is 0 Å². The molecule has 1 aliphatic rings. The maximum absolute atomic E-state index is 12.9. The molecule has 4 rings (SSSR count). The van der Waals surface area contributed by atoms with Crippen LogP contribution >= 0.6 is 11.6 Å². The van der Waals surface area contributed by atoms with Crippen LogP contribution in [-0.4, -0.2) is 85.6 Å². The largest absolute Gasteiger partial charge is 0.364 e. The second-order valence-corrected chi connectivity index (χ2v) is 11.6. The molecule has 0 spiro atoms. The molecule has 38 heavy (non-hydrogen) atoms. The summed E-state index contributed by atoms with van der Waals surface area (Å²) in [6.45, 7) is 5.32. The van der Waals surface area contributed by atoms with Gasteiger partial charge in [0, 0.05) is 62.8 Å². The van der Waals surface area contributed by atoms with E-state index in [2.05, 4.69) is 37.5 Å². The van der Waals surface area contributed by atoms with E-state index in [1.165, 1.54) is 19.4 Å². The number of sulfonamides is 1. The third kappa shape index (κ3) is 6.50. The number of rotatable bonds is 8. The molecular formula is C25H31ClN8O3S. The average Bonchev–Trinajstić information content (AvgIpc) is 2.89. The molecule has 1 aliphatic heterocycles. The Kier molecular flexibility index (Phi) is 8.34. The van der Waals surface area contributed by atoms with Crippen LogP contribution in [0.5, 0.6) is 0 Å². The SMILES string of the molecule is Cc1cc(C(=O)N2CCN(C)CC2)ccc1Nc1ncc(Cl)c(NCc2cccnc2N(C)S(C)(=O)=O)n1. The van der Waals surface area contributed by atoms with Gasteiger partial charge in [-0.1, -0.05) is 17.7 Å². The molecule has 11 nitrogen and oxygen atoms in total. The standard InChI is InChI=1S/C25H31ClN8O3S/c1-17-14-18(24(35)34-12-10-32(2)11-13-34)7-8-21(17)30-25-29-16-20(26)22(31-25)28-15-19-6-5-9-27-23(19)33(3)38(4,36)37/h5-9,14,16H,10-13,15H2,1-4H3,(H2,28,29,30,31). The number of carbonyl (C=O) groups is 1. The van der Waals surface area contributed by atoms with E-state index in [-0.39, 0.29) is 12.5 Å². The summed E-state index contributed by atoms with van der Waals surface area (Å²) in [6, 6.07) is 9.01. The van der Waals surface area contributed by atoms with Crippen molar-refractivity contribution in [2.24, 2.45) is 0 Å². The highest BCUT2D eigenvalue weighted by molar-refractivity contribution is 7.92. The number of halogens is 1. The van der Waals surface area contributed by atoms with E-state index in [0.29, 0.717) is 46.8 Å². The number of piperazine rings is 1. The van der Waals surface area contributed by atoms with Gasteiger partial charge in [0.25, 0.3) is 5.91 Å². The molecular weight excluding hydrogens is 528 g/mol. The first kappa shape index (κ1) is 27.6. The molecule has 2 aromatic heterocycles. The fraction of sp³-hybridized carbons (Fsp3) is 0.360. The van der Waals surface area contributed by atoms with Gasteiger partial charge in [-0.2, -0.15) is 4.98 Å². The van der Waals surface area contributed by atoms with E-state index in [4.69, 9.17) is 11.6 Å². The van der Waals surface area contributed by atoms with E-state index in [1.807, 2.05) is 24.0 Å². The zero-order chi connectivity index (χ0) is 27.4. The maximum atomic E-state index is 12.9. The molecule has 1 amide bonds. The van der Waals surface area contributed by atoms with Crippen LogP contribution in [0.15, 0.2) is 42.7 Å². The van der Waals surface area contributed by atoms with Crippen LogP contribution in [0.1, 0.15) is 21.5 Å². The molecule has 0 unspecified atom stereocenters. The second kappa shape index (κ2) is 11.5. The summed E-state index contributed by atoms with van der Waals surface area (Å²) in [6.07, 6.45) is 4.13. The van der Waals surface area contributed by atoms with Gasteiger partial charge in [0.15, 0.2) is 5.82 Å². The first-order valence-electron chi connectivity index (χ1n) is 12.0. The Labute approximate surface area is 227 Å². The number of pyridine rings is 1. The number of carbonyl (C=O) groups excluding carboxylic acids is 1. The zero-order valence-electron chi connectivity index (χ0n) is 21.8. The maximum Gasteiger partial charge on any atom is 0.253 e. The fourth-order valence-corrected chi connectivity index (χ4v) is 4.63. The van der Waals surface area contributed by atoms with Crippen LogP contribution in [0.3, 0.4) is 0 Å². The van der Waals surface area contributed by atoms with Crippen molar-refractivity contribution >= 4 is 50.8 Å². The van der Waals surface area contributed by atoms with Gasteiger partial charge in [0.2, 0.25) is 16.0 Å². The smallest absolute Gasteiger partial charge is 0.253 e. The van der Waals surface area contributed by atoms with E-state index in [9.17, 15) is 13.2 Å². The summed E-state index contributed by atoms with van der Waals surface area (Å²) in [5.74, 6) is 1.03. The lowest BCUT2D eigenvalue weighted by Gasteiger charge is -2.32. The normalized spacial score (nSPS) is 14.3. The highest BCUT2D eigenvalue weighted by atomic mass is 35.5. The number of aryl methyl sites for hydroxylation is 1. The number of nitrogens with zero attached hydrogens (tertiary/aromatic N) is 6. The summed E-state index contributed by atoms with van der Waals surface area (Å²) < 4.78 is 25.1. The van der Waals surface area contributed by atoms with Gasteiger partial charge >= 0.3 is 0 Å². The topological polar surface area (TPSA) is 124 Å². The minimum atomic E-state index is -3.48. The predicted octanol–water partition coefficient (Wildman–Crippen LogP) is 2.97. The number of hydrogen-bond acceptors (Lipinski definition) is 9. The van der Waals surface area contributed by atoms with Crippen LogP contribution < -0.4 is 14.9 Å². The van der Waals surface area contributed by atoms with Crippen LogP contribution in [0.4, 0.5) is 23.3 Å². The Morgan fingerprint density at radius 2 is 1.89 bits per heavy atom. The molecule has 1 aromatic carbocycles. The third-order valence-electron chi connectivity index (χ3n) is 6.36. The zero-order valence-corrected chi connectivity index (χ0v) is 23.3. The highest BCUT2D eigenvalue weighted by Crippen LogP contribution is 2.26. The molecule has 2 N–H and O–H groups in total. The lowest BCUT2D eigenvalue weighted by Crippen LogP contribution is -2.47. The van der Waals surface area contributed by atoms with Gasteiger partial charge in [-0.15, -0.1) is 0 Å². The van der Waals surface area contributed by atoms with Crippen molar-refractivity contribution in [1.82, 2.24) is 24.8 Å². The van der Waals surface area contributed by atoms with E-state index in [0.717, 1.165) is 34.9 Å². The molecule has 0 aliphatic carbocycles. The summed E-state index contributed by atoms with van der Waals surface area (Å²) in [7, 11) is 0.0306. The third-order valence-corrected chi connectivity index (χ3v) is 7.81. The van der Waals surface area contributed by atoms with Crippen molar-refractivity contribution in [3.05, 3.63) is 64.4 Å². The van der Waals surface area contributed by atoms with Gasteiger partial charge in [-0.3, -0.25) is 9.10 Å². The molecule has 3 aromatic rings. The predicted molar refractivity (Wildman–Crippen MR) is 150 cm³/mol. The van der Waals surface area contributed by atoms with Crippen molar-refractivity contribution in [3.8, 4) is 0 Å². The molecule has 202 valence electrons. The van der Waals surface area contributed by atoms with Gasteiger partial charge in [0.1, 0.15) is 10.8 Å². The van der Waals surface area contributed by atoms with Crippen LogP contribution in [-0.2, 0) is 16.6 Å². The molecule has 0 bridgehead atoms. The first-order chi connectivity index (χ1) is 18.0. The number of nitrogens with one attached hydrogen (secondary N) is 2. The van der Waals surface area contributed by atoms with Crippen molar-refractivity contribution in [2.45, 2.75) is 13.5 Å². The molecule has 0 radical (unpaired) electrons. The molecule has 1 fully saturated rings. The van der Waals surface area contributed by atoms with Crippen molar-refractivity contribution < 1.29 is 13.2 Å². The van der Waals surface area contributed by atoms with Gasteiger partial charge in [-0.05, 0) is 43.8 Å². The summed E-state index contributed by atoms with van der Waals surface area (Å²) in [5, 5.41) is 6.64.